The predicted molar refractivity (Wildman–Crippen MR) is 66.7 cm³/mol. The van der Waals surface area contributed by atoms with E-state index in [0.29, 0.717) is 5.92 Å². The maximum absolute atomic E-state index is 6.30. The fourth-order valence-electron chi connectivity index (χ4n) is 2.59. The molecule has 0 aliphatic heterocycles. The molecule has 1 aliphatic rings. The summed E-state index contributed by atoms with van der Waals surface area (Å²) in [7, 11) is 0. The topological polar surface area (TPSA) is 64.9 Å². The summed E-state index contributed by atoms with van der Waals surface area (Å²) in [6.45, 7) is 2.32. The molecular formula is C13H21N3. The van der Waals surface area contributed by atoms with Gasteiger partial charge in [0.25, 0.3) is 0 Å². The molecule has 1 aliphatic carbocycles. The Morgan fingerprint density at radius 1 is 1.31 bits per heavy atom. The molecule has 1 aromatic heterocycles. The van der Waals surface area contributed by atoms with Gasteiger partial charge in [0.15, 0.2) is 0 Å². The maximum atomic E-state index is 6.30. The van der Waals surface area contributed by atoms with Crippen LogP contribution in [-0.2, 0) is 0 Å². The van der Waals surface area contributed by atoms with Gasteiger partial charge in [-0.1, -0.05) is 19.8 Å². The normalized spacial score (nSPS) is 27.6. The monoisotopic (exact) mass is 219 g/mol. The Bertz CT molecular complexity index is 343. The van der Waals surface area contributed by atoms with Crippen molar-refractivity contribution in [3.05, 3.63) is 24.0 Å². The SMILES string of the molecule is CC1CCC(C(N)c2cnccc2N)CC1. The molecule has 3 heteroatoms. The van der Waals surface area contributed by atoms with Gasteiger partial charge in [0.05, 0.1) is 0 Å². The van der Waals surface area contributed by atoms with E-state index in [4.69, 9.17) is 11.5 Å². The van der Waals surface area contributed by atoms with Crippen molar-refractivity contribution in [1.29, 1.82) is 0 Å². The quantitative estimate of drug-likeness (QED) is 0.803. The van der Waals surface area contributed by atoms with E-state index >= 15 is 0 Å². The predicted octanol–water partition coefficient (Wildman–Crippen LogP) is 2.49. The summed E-state index contributed by atoms with van der Waals surface area (Å²) >= 11 is 0. The van der Waals surface area contributed by atoms with Crippen LogP contribution < -0.4 is 11.5 Å². The number of nitrogens with two attached hydrogens (primary N) is 2. The van der Waals surface area contributed by atoms with Gasteiger partial charge in [-0.25, -0.2) is 0 Å². The first-order valence-electron chi connectivity index (χ1n) is 6.13. The number of hydrogen-bond acceptors (Lipinski definition) is 3. The van der Waals surface area contributed by atoms with E-state index in [0.717, 1.165) is 17.2 Å². The number of rotatable bonds is 2. The van der Waals surface area contributed by atoms with Crippen LogP contribution >= 0.6 is 0 Å². The molecule has 88 valence electrons. The molecule has 0 aromatic carbocycles. The Morgan fingerprint density at radius 3 is 2.62 bits per heavy atom. The van der Waals surface area contributed by atoms with Crippen LogP contribution in [0.2, 0.25) is 0 Å². The molecule has 1 fully saturated rings. The van der Waals surface area contributed by atoms with Gasteiger partial charge < -0.3 is 11.5 Å². The van der Waals surface area contributed by atoms with Gasteiger partial charge in [-0.15, -0.1) is 0 Å². The highest BCUT2D eigenvalue weighted by molar-refractivity contribution is 5.46. The van der Waals surface area contributed by atoms with Gasteiger partial charge in [0, 0.05) is 29.7 Å². The van der Waals surface area contributed by atoms with Gasteiger partial charge in [-0.05, 0) is 30.7 Å². The van der Waals surface area contributed by atoms with Crippen LogP contribution in [0, 0.1) is 11.8 Å². The van der Waals surface area contributed by atoms with E-state index in [1.54, 1.807) is 6.20 Å². The number of nitrogen functional groups attached to an aromatic ring is 1. The Kier molecular flexibility index (Phi) is 3.44. The first kappa shape index (κ1) is 11.4. The minimum Gasteiger partial charge on any atom is -0.398 e. The van der Waals surface area contributed by atoms with Crippen LogP contribution in [0.1, 0.15) is 44.2 Å². The lowest BCUT2D eigenvalue weighted by Crippen LogP contribution is -2.26. The Morgan fingerprint density at radius 2 is 2.00 bits per heavy atom. The fraction of sp³-hybridized carbons (Fsp3) is 0.615. The van der Waals surface area contributed by atoms with E-state index in [9.17, 15) is 0 Å². The minimum absolute atomic E-state index is 0.0567. The molecule has 2 rings (SSSR count). The highest BCUT2D eigenvalue weighted by Crippen LogP contribution is 2.36. The van der Waals surface area contributed by atoms with E-state index in [1.165, 1.54) is 25.7 Å². The molecule has 0 saturated heterocycles. The Hall–Kier alpha value is -1.09. The second kappa shape index (κ2) is 4.83. The van der Waals surface area contributed by atoms with E-state index in [1.807, 2.05) is 12.3 Å². The fourth-order valence-corrected chi connectivity index (χ4v) is 2.59. The van der Waals surface area contributed by atoms with Gasteiger partial charge in [-0.3, -0.25) is 4.98 Å². The molecule has 0 bridgehead atoms. The molecule has 1 aromatic rings. The van der Waals surface area contributed by atoms with Crippen molar-refractivity contribution in [2.75, 3.05) is 5.73 Å². The van der Waals surface area contributed by atoms with Crippen LogP contribution in [0.3, 0.4) is 0 Å². The largest absolute Gasteiger partial charge is 0.398 e. The second-order valence-electron chi connectivity index (χ2n) is 5.05. The molecular weight excluding hydrogens is 198 g/mol. The van der Waals surface area contributed by atoms with Crippen molar-refractivity contribution in [2.45, 2.75) is 38.6 Å². The average Bonchev–Trinajstić information content (AvgIpc) is 2.30. The molecule has 16 heavy (non-hydrogen) atoms. The lowest BCUT2D eigenvalue weighted by molar-refractivity contribution is 0.256. The molecule has 0 amide bonds. The number of nitrogens with zero attached hydrogens (tertiary/aromatic N) is 1. The Labute approximate surface area is 97.2 Å². The van der Waals surface area contributed by atoms with Gasteiger partial charge in [-0.2, -0.15) is 0 Å². The lowest BCUT2D eigenvalue weighted by atomic mass is 9.78. The summed E-state index contributed by atoms with van der Waals surface area (Å²) in [5, 5.41) is 0. The van der Waals surface area contributed by atoms with E-state index in [-0.39, 0.29) is 6.04 Å². The molecule has 0 radical (unpaired) electrons. The van der Waals surface area contributed by atoms with E-state index < -0.39 is 0 Å². The zero-order chi connectivity index (χ0) is 11.5. The van der Waals surface area contributed by atoms with Crippen molar-refractivity contribution in [2.24, 2.45) is 17.6 Å². The summed E-state index contributed by atoms with van der Waals surface area (Å²) in [5.41, 5.74) is 14.0. The first-order chi connectivity index (χ1) is 7.68. The molecule has 0 spiro atoms. The van der Waals surface area contributed by atoms with Gasteiger partial charge in [0.1, 0.15) is 0 Å². The van der Waals surface area contributed by atoms with Crippen LogP contribution in [0.5, 0.6) is 0 Å². The summed E-state index contributed by atoms with van der Waals surface area (Å²) in [4.78, 5) is 4.12. The van der Waals surface area contributed by atoms with Crippen molar-refractivity contribution in [1.82, 2.24) is 4.98 Å². The first-order valence-corrected chi connectivity index (χ1v) is 6.13. The van der Waals surface area contributed by atoms with Gasteiger partial charge in [0.2, 0.25) is 0 Å². The molecule has 3 nitrogen and oxygen atoms in total. The summed E-state index contributed by atoms with van der Waals surface area (Å²) in [6.07, 6.45) is 8.55. The zero-order valence-electron chi connectivity index (χ0n) is 9.89. The van der Waals surface area contributed by atoms with Crippen LogP contribution in [-0.4, -0.2) is 4.98 Å². The Balaban J connectivity index is 2.07. The summed E-state index contributed by atoms with van der Waals surface area (Å²) in [6, 6.07) is 1.89. The highest BCUT2D eigenvalue weighted by atomic mass is 14.7. The van der Waals surface area contributed by atoms with Gasteiger partial charge >= 0.3 is 0 Å². The number of hydrogen-bond donors (Lipinski definition) is 2. The number of pyridine rings is 1. The summed E-state index contributed by atoms with van der Waals surface area (Å²) in [5.74, 6) is 1.43. The smallest absolute Gasteiger partial charge is 0.0393 e. The number of anilines is 1. The molecule has 1 unspecified atom stereocenters. The third kappa shape index (κ3) is 2.35. The van der Waals surface area contributed by atoms with E-state index in [2.05, 4.69) is 11.9 Å². The maximum Gasteiger partial charge on any atom is 0.0393 e. The molecule has 1 heterocycles. The van der Waals surface area contributed by atoms with Crippen LogP contribution in [0.15, 0.2) is 18.5 Å². The van der Waals surface area contributed by atoms with Crippen molar-refractivity contribution >= 4 is 5.69 Å². The van der Waals surface area contributed by atoms with Crippen molar-refractivity contribution < 1.29 is 0 Å². The third-order valence-corrected chi connectivity index (χ3v) is 3.81. The highest BCUT2D eigenvalue weighted by Gasteiger charge is 2.25. The third-order valence-electron chi connectivity index (χ3n) is 3.81. The average molecular weight is 219 g/mol. The molecule has 1 saturated carbocycles. The number of aromatic nitrogens is 1. The van der Waals surface area contributed by atoms with Crippen LogP contribution in [0.4, 0.5) is 5.69 Å². The standard InChI is InChI=1S/C13H21N3/c1-9-2-4-10(5-3-9)13(15)11-8-16-7-6-12(11)14/h6-10,13H,2-5,15H2,1H3,(H2,14,16). The second-order valence-corrected chi connectivity index (χ2v) is 5.05. The van der Waals surface area contributed by atoms with Crippen molar-refractivity contribution in [3.8, 4) is 0 Å². The van der Waals surface area contributed by atoms with Crippen LogP contribution in [0.25, 0.3) is 0 Å². The lowest BCUT2D eigenvalue weighted by Gasteiger charge is -2.31. The molecule has 4 N–H and O–H groups in total. The zero-order valence-corrected chi connectivity index (χ0v) is 9.89. The van der Waals surface area contributed by atoms with Crippen molar-refractivity contribution in [3.63, 3.8) is 0 Å². The summed E-state index contributed by atoms with van der Waals surface area (Å²) < 4.78 is 0. The molecule has 1 atom stereocenters. The minimum atomic E-state index is 0.0567.